The van der Waals surface area contributed by atoms with Crippen molar-refractivity contribution in [1.82, 2.24) is 5.32 Å². The average Bonchev–Trinajstić information content (AvgIpc) is 2.97. The van der Waals surface area contributed by atoms with Crippen molar-refractivity contribution in [2.24, 2.45) is 4.99 Å². The van der Waals surface area contributed by atoms with Gasteiger partial charge in [0.25, 0.3) is 5.91 Å². The number of amides is 1. The summed E-state index contributed by atoms with van der Waals surface area (Å²) in [6, 6.07) is 11.8. The lowest BCUT2D eigenvalue weighted by Gasteiger charge is -2.03. The minimum Gasteiger partial charge on any atom is -0.482 e. The van der Waals surface area contributed by atoms with Gasteiger partial charge in [-0.2, -0.15) is 0 Å². The maximum absolute atomic E-state index is 12.1. The number of carboxylic acid groups (broad SMARTS) is 1. The number of thioether (sulfide) groups is 1. The topological polar surface area (TPSA) is 88.0 Å². The van der Waals surface area contributed by atoms with Gasteiger partial charge in [-0.3, -0.25) is 4.79 Å². The van der Waals surface area contributed by atoms with Gasteiger partial charge in [0.05, 0.1) is 20.6 Å². The highest BCUT2D eigenvalue weighted by atomic mass is 35.5. The molecule has 1 aliphatic heterocycles. The van der Waals surface area contributed by atoms with Crippen LogP contribution in [0.5, 0.6) is 5.75 Å². The number of carbonyl (C=O) groups is 2. The number of nitrogens with zero attached hydrogens (tertiary/aromatic N) is 1. The molecule has 0 aliphatic carbocycles. The fourth-order valence-corrected chi connectivity index (χ4v) is 3.30. The molecule has 0 atom stereocenters. The van der Waals surface area contributed by atoms with Crippen molar-refractivity contribution < 1.29 is 19.4 Å². The van der Waals surface area contributed by atoms with E-state index in [-0.39, 0.29) is 5.91 Å². The Kier molecular flexibility index (Phi) is 6.05. The molecule has 6 nitrogen and oxygen atoms in total. The van der Waals surface area contributed by atoms with Crippen LogP contribution in [0.2, 0.25) is 10.0 Å². The zero-order valence-electron chi connectivity index (χ0n) is 13.6. The van der Waals surface area contributed by atoms with Gasteiger partial charge < -0.3 is 15.2 Å². The molecule has 1 heterocycles. The van der Waals surface area contributed by atoms with E-state index in [9.17, 15) is 9.59 Å². The molecule has 1 fully saturated rings. The predicted octanol–water partition coefficient (Wildman–Crippen LogP) is 4.35. The number of ether oxygens (including phenoxy) is 1. The van der Waals surface area contributed by atoms with Crippen molar-refractivity contribution in [2.45, 2.75) is 0 Å². The summed E-state index contributed by atoms with van der Waals surface area (Å²) >= 11 is 13.3. The normalized spacial score (nSPS) is 16.6. The highest BCUT2D eigenvalue weighted by molar-refractivity contribution is 8.18. The number of amidine groups is 1. The van der Waals surface area contributed by atoms with Crippen LogP contribution in [0.1, 0.15) is 5.56 Å². The van der Waals surface area contributed by atoms with Gasteiger partial charge in [-0.15, -0.1) is 0 Å². The van der Waals surface area contributed by atoms with Crippen molar-refractivity contribution in [3.8, 4) is 5.75 Å². The van der Waals surface area contributed by atoms with Crippen LogP contribution in [-0.4, -0.2) is 28.8 Å². The molecule has 0 unspecified atom stereocenters. The van der Waals surface area contributed by atoms with Crippen molar-refractivity contribution >= 4 is 63.8 Å². The summed E-state index contributed by atoms with van der Waals surface area (Å²) in [5.41, 5.74) is 1.23. The van der Waals surface area contributed by atoms with Crippen LogP contribution in [-0.2, 0) is 9.59 Å². The first-order chi connectivity index (χ1) is 12.9. The highest BCUT2D eigenvalue weighted by Gasteiger charge is 2.24. The average molecular weight is 423 g/mol. The number of carbonyl (C=O) groups excluding carboxylic acids is 1. The van der Waals surface area contributed by atoms with Gasteiger partial charge in [0.2, 0.25) is 0 Å². The van der Waals surface area contributed by atoms with E-state index in [1.165, 1.54) is 11.8 Å². The molecular formula is C18H12Cl2N2O4S. The second-order valence-corrected chi connectivity index (χ2v) is 7.12. The number of halogens is 2. The van der Waals surface area contributed by atoms with Crippen molar-refractivity contribution in [1.29, 1.82) is 0 Å². The zero-order valence-corrected chi connectivity index (χ0v) is 15.9. The molecule has 1 amide bonds. The lowest BCUT2D eigenvalue weighted by Crippen LogP contribution is -2.19. The Labute approximate surface area is 168 Å². The quantitative estimate of drug-likeness (QED) is 0.699. The molecule has 27 heavy (non-hydrogen) atoms. The minimum atomic E-state index is -1.05. The van der Waals surface area contributed by atoms with Gasteiger partial charge in [-0.05, 0) is 47.7 Å². The predicted molar refractivity (Wildman–Crippen MR) is 107 cm³/mol. The molecule has 2 aromatic carbocycles. The fraction of sp³-hybridized carbons (Fsp3) is 0.0556. The zero-order chi connectivity index (χ0) is 19.4. The molecule has 1 saturated heterocycles. The highest BCUT2D eigenvalue weighted by Crippen LogP contribution is 2.34. The third kappa shape index (κ3) is 5.03. The summed E-state index contributed by atoms with van der Waals surface area (Å²) in [6.07, 6.45) is 1.70. The number of aliphatic imine (C=N–C) groups is 1. The standard InChI is InChI=1S/C18H12Cl2N2O4S/c19-12-2-1-3-13(16(12)20)21-18-22-17(25)14(27-18)8-10-4-6-11(7-5-10)26-9-15(23)24/h1-8H,9H2,(H,23,24)(H,21,22,25)/b14-8+. The molecule has 0 saturated carbocycles. The Morgan fingerprint density at radius 1 is 1.22 bits per heavy atom. The number of nitrogens with one attached hydrogen (secondary N) is 1. The molecule has 3 rings (SSSR count). The third-order valence-electron chi connectivity index (χ3n) is 3.34. The number of benzene rings is 2. The summed E-state index contributed by atoms with van der Waals surface area (Å²) in [4.78, 5) is 27.4. The fourth-order valence-electron chi connectivity index (χ4n) is 2.13. The lowest BCUT2D eigenvalue weighted by molar-refractivity contribution is -0.139. The van der Waals surface area contributed by atoms with Gasteiger partial charge >= 0.3 is 5.97 Å². The van der Waals surface area contributed by atoms with Gasteiger partial charge in [0.15, 0.2) is 11.8 Å². The smallest absolute Gasteiger partial charge is 0.341 e. The van der Waals surface area contributed by atoms with Crippen molar-refractivity contribution in [3.05, 3.63) is 63.0 Å². The van der Waals surface area contributed by atoms with Crippen molar-refractivity contribution in [3.63, 3.8) is 0 Å². The van der Waals surface area contributed by atoms with Gasteiger partial charge in [-0.1, -0.05) is 41.4 Å². The number of aliphatic carboxylic acids is 1. The van der Waals surface area contributed by atoms with Crippen LogP contribution in [0, 0.1) is 0 Å². The summed E-state index contributed by atoms with van der Waals surface area (Å²) in [5.74, 6) is -0.893. The largest absolute Gasteiger partial charge is 0.482 e. The Morgan fingerprint density at radius 3 is 2.67 bits per heavy atom. The van der Waals surface area contributed by atoms with Crippen LogP contribution in [0.3, 0.4) is 0 Å². The summed E-state index contributed by atoms with van der Waals surface area (Å²) in [5, 5.41) is 12.4. The Bertz CT molecular complexity index is 958. The van der Waals surface area contributed by atoms with E-state index in [0.29, 0.717) is 31.6 Å². The monoisotopic (exact) mass is 422 g/mol. The molecule has 138 valence electrons. The molecule has 0 spiro atoms. The molecule has 0 radical (unpaired) electrons. The first-order valence-corrected chi connectivity index (χ1v) is 9.18. The van der Waals surface area contributed by atoms with Crippen LogP contribution < -0.4 is 10.1 Å². The van der Waals surface area contributed by atoms with Gasteiger partial charge in [0, 0.05) is 0 Å². The van der Waals surface area contributed by atoms with E-state index in [4.69, 9.17) is 33.0 Å². The van der Waals surface area contributed by atoms with E-state index in [1.807, 2.05) is 0 Å². The summed E-state index contributed by atoms with van der Waals surface area (Å²) < 4.78 is 5.07. The van der Waals surface area contributed by atoms with Crippen LogP contribution in [0.15, 0.2) is 52.4 Å². The maximum Gasteiger partial charge on any atom is 0.341 e. The minimum absolute atomic E-state index is 0.275. The van der Waals surface area contributed by atoms with E-state index in [2.05, 4.69) is 10.3 Å². The first kappa shape index (κ1) is 19.3. The molecule has 9 heteroatoms. The summed E-state index contributed by atoms with van der Waals surface area (Å²) in [7, 11) is 0. The van der Waals surface area contributed by atoms with E-state index in [0.717, 1.165) is 5.56 Å². The SMILES string of the molecule is O=C(O)COc1ccc(/C=C2/SC(=Nc3cccc(Cl)c3Cl)NC2=O)cc1. The van der Waals surface area contributed by atoms with E-state index >= 15 is 0 Å². The number of hydrogen-bond acceptors (Lipinski definition) is 5. The molecule has 0 bridgehead atoms. The molecule has 0 aromatic heterocycles. The second kappa shape index (κ2) is 8.47. The van der Waals surface area contributed by atoms with Gasteiger partial charge in [-0.25, -0.2) is 9.79 Å². The van der Waals surface area contributed by atoms with Crippen LogP contribution in [0.4, 0.5) is 5.69 Å². The van der Waals surface area contributed by atoms with Gasteiger partial charge in [0.1, 0.15) is 5.75 Å². The third-order valence-corrected chi connectivity index (χ3v) is 5.06. The molecular weight excluding hydrogens is 411 g/mol. The maximum atomic E-state index is 12.1. The molecule has 1 aliphatic rings. The Morgan fingerprint density at radius 2 is 1.96 bits per heavy atom. The number of rotatable bonds is 5. The number of carboxylic acids is 1. The first-order valence-electron chi connectivity index (χ1n) is 7.60. The molecule has 2 aromatic rings. The van der Waals surface area contributed by atoms with Crippen molar-refractivity contribution in [2.75, 3.05) is 6.61 Å². The summed E-state index contributed by atoms with van der Waals surface area (Å²) in [6.45, 7) is -0.412. The van der Waals surface area contributed by atoms with Crippen LogP contribution in [0.25, 0.3) is 6.08 Å². The Balaban J connectivity index is 1.74. The lowest BCUT2D eigenvalue weighted by atomic mass is 10.2. The van der Waals surface area contributed by atoms with E-state index in [1.54, 1.807) is 48.5 Å². The van der Waals surface area contributed by atoms with E-state index < -0.39 is 12.6 Å². The second-order valence-electron chi connectivity index (χ2n) is 5.31. The molecule has 2 N–H and O–H groups in total. The van der Waals surface area contributed by atoms with Crippen LogP contribution >= 0.6 is 35.0 Å². The number of hydrogen-bond donors (Lipinski definition) is 2. The Hall–Kier alpha value is -2.48.